The molecule has 4 heterocycles. The van der Waals surface area contributed by atoms with Crippen molar-refractivity contribution in [2.45, 2.75) is 107 Å². The van der Waals surface area contributed by atoms with Gasteiger partial charge in [-0.1, -0.05) is 237 Å². The Kier molecular flexibility index (Phi) is 30.5. The van der Waals surface area contributed by atoms with Crippen molar-refractivity contribution in [3.8, 4) is 90.6 Å². The van der Waals surface area contributed by atoms with Gasteiger partial charge in [-0.05, 0) is 105 Å². The fraction of sp³-hybridized carbons (Fsp3) is 0.174. The summed E-state index contributed by atoms with van der Waals surface area (Å²) in [6, 6.07) is 104. The van der Waals surface area contributed by atoms with E-state index in [2.05, 4.69) is 231 Å². The van der Waals surface area contributed by atoms with E-state index < -0.39 is 0 Å². The summed E-state index contributed by atoms with van der Waals surface area (Å²) in [5.74, 6) is 6.88. The van der Waals surface area contributed by atoms with Crippen LogP contribution in [0, 0.1) is 52.0 Å². The van der Waals surface area contributed by atoms with Crippen LogP contribution in [0.3, 0.4) is 0 Å². The van der Waals surface area contributed by atoms with E-state index in [0.717, 1.165) is 159 Å². The van der Waals surface area contributed by atoms with E-state index >= 15 is 0 Å². The molecule has 16 aromatic rings. The molecule has 0 spiro atoms. The van der Waals surface area contributed by atoms with E-state index in [1.54, 1.807) is 0 Å². The Hall–Kier alpha value is -9.68. The van der Waals surface area contributed by atoms with Gasteiger partial charge in [-0.15, -0.1) is 118 Å². The van der Waals surface area contributed by atoms with Gasteiger partial charge in [-0.2, -0.15) is 20.4 Å². The first-order valence-corrected chi connectivity index (χ1v) is 36.1. The number of aromatic nitrogens is 12. The maximum Gasteiger partial charge on any atom is 0.122 e. The van der Waals surface area contributed by atoms with Gasteiger partial charge >= 0.3 is 0 Å². The number of hydrogen-bond acceptors (Lipinski definition) is 8. The molecule has 0 N–H and O–H groups in total. The van der Waals surface area contributed by atoms with Crippen molar-refractivity contribution >= 4 is 21.5 Å². The van der Waals surface area contributed by atoms with Crippen molar-refractivity contribution < 1.29 is 80.4 Å². The molecule has 12 nitrogen and oxygen atoms in total. The van der Waals surface area contributed by atoms with Crippen LogP contribution < -0.4 is 0 Å². The van der Waals surface area contributed by atoms with Gasteiger partial charge in [0.2, 0.25) is 0 Å². The third-order valence-corrected chi connectivity index (χ3v) is 18.1. The van der Waals surface area contributed by atoms with Gasteiger partial charge in [0.05, 0.1) is 46.0 Å². The van der Waals surface area contributed by atoms with E-state index in [-0.39, 0.29) is 80.4 Å². The fourth-order valence-corrected chi connectivity index (χ4v) is 12.7. The van der Waals surface area contributed by atoms with Crippen molar-refractivity contribution in [1.29, 1.82) is 0 Å². The normalized spacial score (nSPS) is 10.6. The van der Waals surface area contributed by atoms with E-state index in [1.165, 1.54) is 49.5 Å². The fourth-order valence-electron chi connectivity index (χ4n) is 12.7. The van der Waals surface area contributed by atoms with Crippen molar-refractivity contribution in [2.75, 3.05) is 0 Å². The first-order chi connectivity index (χ1) is 51.1. The van der Waals surface area contributed by atoms with Crippen LogP contribution in [0.4, 0.5) is 0 Å². The topological polar surface area (TPSA) is 123 Å². The van der Waals surface area contributed by atoms with E-state index in [4.69, 9.17) is 40.3 Å². The molecule has 108 heavy (non-hydrogen) atoms. The largest absolute Gasteiger partial charge is 0.261 e. The number of aryl methyl sites for hydroxylation is 8. The second-order valence-electron chi connectivity index (χ2n) is 25.8. The third kappa shape index (κ3) is 19.6. The molecular weight excluding hydrogens is 2040 g/mol. The summed E-state index contributed by atoms with van der Waals surface area (Å²) in [6.07, 6.45) is 7.69. The molecule has 0 atom stereocenters. The first kappa shape index (κ1) is 82.4. The van der Waals surface area contributed by atoms with Crippen molar-refractivity contribution in [3.63, 3.8) is 0 Å². The monoisotopic (exact) mass is 2130 g/mol. The smallest absolute Gasteiger partial charge is 0.122 e. The molecule has 0 fully saturated rings. The average molecular weight is 2130 g/mol. The Morgan fingerprint density at radius 2 is 0.639 bits per heavy atom. The van der Waals surface area contributed by atoms with Crippen LogP contribution >= 0.6 is 0 Å². The maximum absolute atomic E-state index is 4.86. The molecule has 0 aliphatic carbocycles. The number of para-hydroxylation sites is 4. The predicted molar refractivity (Wildman–Crippen MR) is 423 cm³/mol. The molecule has 4 radical (unpaired) electrons. The molecule has 552 valence electrons. The molecular formula is C92H84Ir4N12-4. The Balaban J connectivity index is 0.000000164. The van der Waals surface area contributed by atoms with Crippen molar-refractivity contribution in [2.24, 2.45) is 0 Å². The average Bonchev–Trinajstić information content (AvgIpc) is 1.65. The summed E-state index contributed by atoms with van der Waals surface area (Å²) in [4.78, 5) is 19.3. The van der Waals surface area contributed by atoms with Crippen LogP contribution in [0.5, 0.6) is 0 Å². The number of rotatable bonds is 18. The van der Waals surface area contributed by atoms with Gasteiger partial charge in [0, 0.05) is 106 Å². The molecule has 16 rings (SSSR count). The second kappa shape index (κ2) is 40.0. The van der Waals surface area contributed by atoms with E-state index in [1.807, 2.05) is 134 Å². The second-order valence-corrected chi connectivity index (χ2v) is 25.8. The number of benzene rings is 12. The number of nitrogens with zero attached hydrogens (tertiary/aromatic N) is 12. The van der Waals surface area contributed by atoms with Gasteiger partial charge in [0.25, 0.3) is 0 Å². The summed E-state index contributed by atoms with van der Waals surface area (Å²) >= 11 is 0. The minimum atomic E-state index is 0. The molecule has 0 amide bonds. The Bertz CT molecular complexity index is 5520. The van der Waals surface area contributed by atoms with E-state index in [9.17, 15) is 0 Å². The Morgan fingerprint density at radius 1 is 0.278 bits per heavy atom. The number of fused-ring (bicyclic) bond motifs is 2. The summed E-state index contributed by atoms with van der Waals surface area (Å²) < 4.78 is 7.94. The molecule has 12 aromatic carbocycles. The molecule has 0 bridgehead atoms. The van der Waals surface area contributed by atoms with Crippen LogP contribution in [0.25, 0.3) is 112 Å². The maximum atomic E-state index is 4.86. The van der Waals surface area contributed by atoms with Gasteiger partial charge in [0.1, 0.15) is 23.3 Å². The summed E-state index contributed by atoms with van der Waals surface area (Å²) in [7, 11) is 0. The summed E-state index contributed by atoms with van der Waals surface area (Å²) in [5.41, 5.74) is 17.5. The molecule has 0 saturated carbocycles. The molecule has 16 heteroatoms. The standard InChI is InChI=1S/2C24H22N3.2C22H20N3.4Ir/c1-3-10-23-25-24(26-27(23)22-16-8-7-11-18(22)2)21-15-9-14-20(17-21)19-12-5-4-6-13-19;1-3-9-23-25-24(26-27(23)22-13-8-7-10-18(22)2)21-16-14-20(15-17-21)19-11-5-4-6-12-19;1-3-9-21-23-22(24-25(21)20-15-7-4-10-16(20)2)19-14-8-12-17-11-5-6-13-18(17)19;1-3-8-21-23-22(24-25(21)20-12-7-4-9-16(20)2)19-14-13-17-10-5-6-11-18(17)15-19;;;;/h4-9,11-14,16-17H,3,10H2,1-2H3;4-8,10-16H,3,9H2,1-2H3;4-8,10-13,15H,3,9H2,1-2H3;4-7,9-13,15H,3,8H2,1-2H3;;;;/q4*-1;;;;. The quantitative estimate of drug-likeness (QED) is 0.0779. The Labute approximate surface area is 689 Å². The molecule has 0 aliphatic heterocycles. The SMILES string of the molecule is CCCc1nc(-c2[c-]cc(-c3ccccc3)cc2)nn1-c1ccccc1C.CCCc1nc(-c2[c-]cc3ccccc3c2)nn1-c1ccccc1C.CCCc1nc(-c2[c-]ccc(-c3ccccc3)c2)nn1-c1ccccc1C.CCCc1nc(-c2[c-]ccc3ccccc23)nn1-c1ccccc1C.[Ir].[Ir].[Ir].[Ir]. The third-order valence-electron chi connectivity index (χ3n) is 18.1. The predicted octanol–water partition coefficient (Wildman–Crippen LogP) is 21.6. The van der Waals surface area contributed by atoms with Gasteiger partial charge in [0.15, 0.2) is 0 Å². The molecule has 4 aromatic heterocycles. The van der Waals surface area contributed by atoms with Crippen LogP contribution in [0.1, 0.15) is 98.9 Å². The van der Waals surface area contributed by atoms with Crippen LogP contribution in [0.2, 0.25) is 0 Å². The molecule has 0 aliphatic rings. The van der Waals surface area contributed by atoms with Crippen LogP contribution in [-0.4, -0.2) is 59.1 Å². The minimum Gasteiger partial charge on any atom is -0.261 e. The summed E-state index contributed by atoms with van der Waals surface area (Å²) in [5, 5.41) is 24.0. The number of hydrogen-bond donors (Lipinski definition) is 0. The van der Waals surface area contributed by atoms with Crippen molar-refractivity contribution in [3.05, 3.63) is 337 Å². The van der Waals surface area contributed by atoms with Gasteiger partial charge < -0.3 is 0 Å². The van der Waals surface area contributed by atoms with Crippen LogP contribution in [0.15, 0.2) is 267 Å². The zero-order valence-electron chi connectivity index (χ0n) is 61.8. The zero-order chi connectivity index (χ0) is 71.7. The summed E-state index contributed by atoms with van der Waals surface area (Å²) in [6.45, 7) is 17.1. The van der Waals surface area contributed by atoms with E-state index in [0.29, 0.717) is 0 Å². The minimum absolute atomic E-state index is 0. The first-order valence-electron chi connectivity index (χ1n) is 36.1. The van der Waals surface area contributed by atoms with Gasteiger partial charge in [-0.25, -0.2) is 18.7 Å². The zero-order valence-corrected chi connectivity index (χ0v) is 71.3. The Morgan fingerprint density at radius 3 is 1.08 bits per heavy atom. The van der Waals surface area contributed by atoms with Gasteiger partial charge in [-0.3, -0.25) is 19.9 Å². The van der Waals surface area contributed by atoms with Crippen LogP contribution in [-0.2, 0) is 106 Å². The van der Waals surface area contributed by atoms with Crippen molar-refractivity contribution in [1.82, 2.24) is 59.1 Å². The molecule has 0 saturated heterocycles. The molecule has 0 unspecified atom stereocenters.